The largest absolute Gasteiger partial charge is 0.343 e. The topological polar surface area (TPSA) is 66.5 Å². The summed E-state index contributed by atoms with van der Waals surface area (Å²) in [5.41, 5.74) is 0. The number of carbonyl (C=O) groups is 1. The van der Waals surface area contributed by atoms with E-state index in [1.54, 1.807) is 7.05 Å². The van der Waals surface area contributed by atoms with Gasteiger partial charge < -0.3 is 10.2 Å². The molecule has 6 heteroatoms. The Morgan fingerprint density at radius 1 is 1.44 bits per heavy atom. The zero-order chi connectivity index (χ0) is 12.2. The number of nitrogens with zero attached hydrogens (tertiary/aromatic N) is 1. The van der Waals surface area contributed by atoms with Crippen LogP contribution in [0.1, 0.15) is 19.3 Å². The van der Waals surface area contributed by atoms with Crippen LogP contribution < -0.4 is 5.32 Å². The van der Waals surface area contributed by atoms with Gasteiger partial charge in [-0.3, -0.25) is 4.79 Å². The van der Waals surface area contributed by atoms with Crippen LogP contribution in [0.5, 0.6) is 0 Å². The lowest BCUT2D eigenvalue weighted by Gasteiger charge is -2.28. The summed E-state index contributed by atoms with van der Waals surface area (Å²) in [5.74, 6) is -0.717. The molecule has 1 atom stereocenters. The van der Waals surface area contributed by atoms with Gasteiger partial charge in [-0.05, 0) is 19.4 Å². The number of rotatable bonds is 4. The molecule has 0 spiro atoms. The fourth-order valence-electron chi connectivity index (χ4n) is 1.85. The maximum atomic E-state index is 11.6. The Kier molecular flexibility index (Phi) is 4.73. The summed E-state index contributed by atoms with van der Waals surface area (Å²) in [6, 6.07) is 0.308. The Bertz CT molecular complexity index is 334. The second-order valence-electron chi connectivity index (χ2n) is 4.49. The maximum absolute atomic E-state index is 11.6. The zero-order valence-corrected chi connectivity index (χ0v) is 10.7. The molecule has 1 heterocycles. The molecule has 0 aliphatic carbocycles. The highest BCUT2D eigenvalue weighted by Gasteiger charge is 2.20. The third-order valence-corrected chi connectivity index (χ3v) is 3.49. The Morgan fingerprint density at radius 3 is 2.62 bits per heavy atom. The van der Waals surface area contributed by atoms with E-state index in [4.69, 9.17) is 0 Å². The van der Waals surface area contributed by atoms with E-state index < -0.39 is 15.6 Å². The molecule has 16 heavy (non-hydrogen) atoms. The first-order chi connectivity index (χ1) is 7.38. The second kappa shape index (κ2) is 5.63. The van der Waals surface area contributed by atoms with Gasteiger partial charge in [0.2, 0.25) is 5.91 Å². The van der Waals surface area contributed by atoms with E-state index in [1.165, 1.54) is 17.7 Å². The lowest BCUT2D eigenvalue weighted by molar-refractivity contribution is -0.127. The summed E-state index contributed by atoms with van der Waals surface area (Å²) >= 11 is 0. The Morgan fingerprint density at radius 2 is 2.12 bits per heavy atom. The maximum Gasteiger partial charge on any atom is 0.237 e. The van der Waals surface area contributed by atoms with Gasteiger partial charge in [-0.2, -0.15) is 0 Å². The molecule has 1 unspecified atom stereocenters. The Labute approximate surface area is 97.1 Å². The summed E-state index contributed by atoms with van der Waals surface area (Å²) < 4.78 is 22.0. The van der Waals surface area contributed by atoms with Crippen molar-refractivity contribution >= 4 is 15.7 Å². The molecule has 0 saturated carbocycles. The molecule has 0 aromatic heterocycles. The number of hydrogen-bond acceptors (Lipinski definition) is 4. The highest BCUT2D eigenvalue weighted by Crippen LogP contribution is 2.08. The van der Waals surface area contributed by atoms with Crippen molar-refractivity contribution in [2.45, 2.75) is 25.3 Å². The molecule has 1 saturated heterocycles. The molecule has 1 aliphatic rings. The SMILES string of the molecule is CN(CC1CCCCN1)C(=O)CS(C)(=O)=O. The lowest BCUT2D eigenvalue weighted by Crippen LogP contribution is -2.45. The fraction of sp³-hybridized carbons (Fsp3) is 0.900. The molecule has 1 rings (SSSR count). The van der Waals surface area contributed by atoms with Crippen LogP contribution in [0.3, 0.4) is 0 Å². The number of carbonyl (C=O) groups excluding carboxylic acids is 1. The number of sulfone groups is 1. The molecule has 1 fully saturated rings. The van der Waals surface area contributed by atoms with E-state index >= 15 is 0 Å². The molecule has 1 N–H and O–H groups in total. The van der Waals surface area contributed by atoms with E-state index in [1.807, 2.05) is 0 Å². The van der Waals surface area contributed by atoms with Crippen LogP contribution >= 0.6 is 0 Å². The van der Waals surface area contributed by atoms with Crippen molar-refractivity contribution in [2.24, 2.45) is 0 Å². The summed E-state index contributed by atoms with van der Waals surface area (Å²) in [5, 5.41) is 3.32. The zero-order valence-electron chi connectivity index (χ0n) is 9.90. The highest BCUT2D eigenvalue weighted by molar-refractivity contribution is 7.91. The van der Waals surface area contributed by atoms with Gasteiger partial charge in [0, 0.05) is 25.9 Å². The minimum absolute atomic E-state index is 0.308. The van der Waals surface area contributed by atoms with Gasteiger partial charge >= 0.3 is 0 Å². The van der Waals surface area contributed by atoms with Gasteiger partial charge in [-0.1, -0.05) is 6.42 Å². The smallest absolute Gasteiger partial charge is 0.237 e. The third kappa shape index (κ3) is 4.94. The van der Waals surface area contributed by atoms with Crippen molar-refractivity contribution in [3.8, 4) is 0 Å². The normalized spacial score (nSPS) is 21.8. The first kappa shape index (κ1) is 13.4. The van der Waals surface area contributed by atoms with E-state index in [2.05, 4.69) is 5.32 Å². The van der Waals surface area contributed by atoms with Gasteiger partial charge in [0.25, 0.3) is 0 Å². The molecule has 94 valence electrons. The minimum Gasteiger partial charge on any atom is -0.343 e. The lowest BCUT2D eigenvalue weighted by atomic mass is 10.0. The molecule has 0 bridgehead atoms. The van der Waals surface area contributed by atoms with Crippen LogP contribution in [-0.2, 0) is 14.6 Å². The molecule has 0 radical (unpaired) electrons. The van der Waals surface area contributed by atoms with Crippen molar-refractivity contribution in [3.63, 3.8) is 0 Å². The molecular formula is C10H20N2O3S. The van der Waals surface area contributed by atoms with Crippen molar-refractivity contribution < 1.29 is 13.2 Å². The van der Waals surface area contributed by atoms with Gasteiger partial charge in [-0.25, -0.2) is 8.42 Å². The summed E-state index contributed by atoms with van der Waals surface area (Å²) in [7, 11) is -1.56. The van der Waals surface area contributed by atoms with Crippen molar-refractivity contribution in [3.05, 3.63) is 0 Å². The van der Waals surface area contributed by atoms with E-state index in [9.17, 15) is 13.2 Å². The predicted octanol–water partition coefficient (Wildman–Crippen LogP) is -0.368. The quantitative estimate of drug-likeness (QED) is 0.737. The highest BCUT2D eigenvalue weighted by atomic mass is 32.2. The Balaban J connectivity index is 2.38. The van der Waals surface area contributed by atoms with Crippen molar-refractivity contribution in [1.82, 2.24) is 10.2 Å². The molecule has 0 aromatic carbocycles. The summed E-state index contributed by atoms with van der Waals surface area (Å²) in [6.07, 6.45) is 4.48. The third-order valence-electron chi connectivity index (χ3n) is 2.72. The van der Waals surface area contributed by atoms with Crippen molar-refractivity contribution in [1.29, 1.82) is 0 Å². The van der Waals surface area contributed by atoms with E-state index in [0.29, 0.717) is 12.6 Å². The average Bonchev–Trinajstić information content (AvgIpc) is 2.16. The van der Waals surface area contributed by atoms with Crippen LogP contribution in [-0.4, -0.2) is 57.4 Å². The van der Waals surface area contributed by atoms with Gasteiger partial charge in [0.05, 0.1) is 0 Å². The Hall–Kier alpha value is -0.620. The molecule has 1 aliphatic heterocycles. The number of likely N-dealkylation sites (N-methyl/N-ethyl adjacent to an activating group) is 1. The fourth-order valence-corrected chi connectivity index (χ4v) is 2.52. The van der Waals surface area contributed by atoms with Crippen LogP contribution in [0.4, 0.5) is 0 Å². The number of amides is 1. The van der Waals surface area contributed by atoms with E-state index in [0.717, 1.165) is 19.2 Å². The van der Waals surface area contributed by atoms with Crippen LogP contribution in [0, 0.1) is 0 Å². The van der Waals surface area contributed by atoms with Crippen LogP contribution in [0.25, 0.3) is 0 Å². The standard InChI is InChI=1S/C10H20N2O3S/c1-12(10(13)8-16(2,14)15)7-9-5-3-4-6-11-9/h9,11H,3-8H2,1-2H3. The van der Waals surface area contributed by atoms with Gasteiger partial charge in [0.15, 0.2) is 9.84 Å². The van der Waals surface area contributed by atoms with Crippen LogP contribution in [0.15, 0.2) is 0 Å². The molecule has 0 aromatic rings. The summed E-state index contributed by atoms with van der Waals surface area (Å²) in [6.45, 7) is 1.58. The number of nitrogens with one attached hydrogen (secondary N) is 1. The van der Waals surface area contributed by atoms with Gasteiger partial charge in [0.1, 0.15) is 5.75 Å². The molecule has 1 amide bonds. The van der Waals surface area contributed by atoms with Crippen LogP contribution in [0.2, 0.25) is 0 Å². The number of hydrogen-bond donors (Lipinski definition) is 1. The average molecular weight is 248 g/mol. The van der Waals surface area contributed by atoms with E-state index in [-0.39, 0.29) is 5.91 Å². The summed E-state index contributed by atoms with van der Waals surface area (Å²) in [4.78, 5) is 13.1. The first-order valence-corrected chi connectivity index (χ1v) is 7.59. The first-order valence-electron chi connectivity index (χ1n) is 5.53. The molecule has 5 nitrogen and oxygen atoms in total. The minimum atomic E-state index is -3.22. The predicted molar refractivity (Wildman–Crippen MR) is 63.0 cm³/mol. The monoisotopic (exact) mass is 248 g/mol. The number of piperidine rings is 1. The second-order valence-corrected chi connectivity index (χ2v) is 6.63. The van der Waals surface area contributed by atoms with Crippen molar-refractivity contribution in [2.75, 3.05) is 32.1 Å². The molecular weight excluding hydrogens is 228 g/mol. The van der Waals surface area contributed by atoms with Gasteiger partial charge in [-0.15, -0.1) is 0 Å².